The van der Waals surface area contributed by atoms with E-state index in [0.29, 0.717) is 4.47 Å². The standard InChI is InChI=1S/C19H22BrF4N3O2S/c1-17(2,21)10-14-16(28)26-15(25)11-30(29)9-3-8-18(27-14,19(22,23)24)12-4-6-13(20)7-5-12/h4-7,14-15,27H,9-11,25H2,1-2H3,(H,26,28)/t14-,15-,18-,30?/m0/s1. The van der Waals surface area contributed by atoms with Crippen molar-refractivity contribution in [2.75, 3.05) is 11.5 Å². The van der Waals surface area contributed by atoms with Gasteiger partial charge in [0.25, 0.3) is 0 Å². The summed E-state index contributed by atoms with van der Waals surface area (Å²) in [6, 6.07) is 3.61. The second-order valence-electron chi connectivity index (χ2n) is 7.54. The molecule has 30 heavy (non-hydrogen) atoms. The lowest BCUT2D eigenvalue weighted by atomic mass is 9.87. The van der Waals surface area contributed by atoms with Gasteiger partial charge in [-0.1, -0.05) is 39.9 Å². The number of rotatable bonds is 3. The molecular formula is C19H22BrF4N3O2S. The fraction of sp³-hybridized carbons (Fsp3) is 0.526. The molecule has 5 nitrogen and oxygen atoms in total. The molecule has 0 spiro atoms. The first-order valence-electron chi connectivity index (χ1n) is 8.94. The number of halogens is 5. The van der Waals surface area contributed by atoms with Crippen LogP contribution in [-0.2, 0) is 21.1 Å². The fourth-order valence-corrected chi connectivity index (χ4v) is 4.10. The summed E-state index contributed by atoms with van der Waals surface area (Å²) in [5, 5.41) is 4.58. The van der Waals surface area contributed by atoms with Gasteiger partial charge in [-0.25, -0.2) is 4.39 Å². The molecule has 1 unspecified atom stereocenters. The molecule has 0 aromatic heterocycles. The Hall–Kier alpha value is -1.48. The third-order valence-corrected chi connectivity index (χ3v) is 6.03. The van der Waals surface area contributed by atoms with Crippen molar-refractivity contribution in [3.8, 4) is 11.8 Å². The number of hydrogen-bond donors (Lipinski definition) is 3. The molecule has 1 aromatic rings. The molecule has 0 saturated heterocycles. The zero-order chi connectivity index (χ0) is 22.7. The number of carbonyl (C=O) groups is 1. The molecule has 0 bridgehead atoms. The van der Waals surface area contributed by atoms with Gasteiger partial charge in [0.15, 0.2) is 0 Å². The minimum atomic E-state index is -4.98. The van der Waals surface area contributed by atoms with Gasteiger partial charge in [0.1, 0.15) is 5.67 Å². The van der Waals surface area contributed by atoms with Crippen LogP contribution in [-0.4, -0.2) is 45.7 Å². The average Bonchev–Trinajstić information content (AvgIpc) is 2.59. The smallest absolute Gasteiger partial charge is 0.339 e. The van der Waals surface area contributed by atoms with Crippen LogP contribution in [0, 0.1) is 11.8 Å². The maximum Gasteiger partial charge on any atom is 0.422 e. The Morgan fingerprint density at radius 1 is 1.27 bits per heavy atom. The molecule has 4 atom stereocenters. The molecule has 1 heterocycles. The Labute approximate surface area is 183 Å². The molecule has 2 rings (SSSR count). The van der Waals surface area contributed by atoms with Gasteiger partial charge in [0.2, 0.25) is 11.4 Å². The number of alkyl halides is 4. The van der Waals surface area contributed by atoms with E-state index < -0.39 is 52.7 Å². The zero-order valence-electron chi connectivity index (χ0n) is 16.3. The first-order valence-corrected chi connectivity index (χ1v) is 11.2. The van der Waals surface area contributed by atoms with Crippen molar-refractivity contribution in [3.05, 3.63) is 34.3 Å². The summed E-state index contributed by atoms with van der Waals surface area (Å²) in [5.41, 5.74) is 0.506. The van der Waals surface area contributed by atoms with E-state index in [-0.39, 0.29) is 17.1 Å². The van der Waals surface area contributed by atoms with Gasteiger partial charge in [-0.3, -0.25) is 14.3 Å². The normalized spacial score (nSPS) is 28.7. The van der Waals surface area contributed by atoms with E-state index in [4.69, 9.17) is 5.73 Å². The van der Waals surface area contributed by atoms with Gasteiger partial charge in [-0.2, -0.15) is 13.2 Å². The van der Waals surface area contributed by atoms with E-state index in [2.05, 4.69) is 38.4 Å². The summed E-state index contributed by atoms with van der Waals surface area (Å²) in [7, 11) is -1.68. The van der Waals surface area contributed by atoms with Crippen molar-refractivity contribution in [1.29, 1.82) is 0 Å². The monoisotopic (exact) mass is 511 g/mol. The topological polar surface area (TPSA) is 84.2 Å². The fourth-order valence-electron chi connectivity index (χ4n) is 3.00. The molecule has 0 aliphatic carbocycles. The van der Waals surface area contributed by atoms with Gasteiger partial charge in [0, 0.05) is 21.7 Å². The summed E-state index contributed by atoms with van der Waals surface area (Å²) >= 11 is 3.17. The Morgan fingerprint density at radius 3 is 2.40 bits per heavy atom. The number of benzene rings is 1. The molecule has 1 aromatic carbocycles. The van der Waals surface area contributed by atoms with Crippen LogP contribution in [0.4, 0.5) is 17.6 Å². The molecule has 0 fully saturated rings. The molecule has 11 heteroatoms. The minimum absolute atomic E-state index is 0.191. The number of nitrogens with two attached hydrogens (primary N) is 1. The van der Waals surface area contributed by atoms with Crippen molar-refractivity contribution in [3.63, 3.8) is 0 Å². The van der Waals surface area contributed by atoms with E-state index in [1.54, 1.807) is 0 Å². The summed E-state index contributed by atoms with van der Waals surface area (Å²) in [4.78, 5) is 12.7. The molecule has 1 aliphatic rings. The van der Waals surface area contributed by atoms with E-state index in [1.807, 2.05) is 0 Å². The van der Waals surface area contributed by atoms with Gasteiger partial charge < -0.3 is 11.1 Å². The summed E-state index contributed by atoms with van der Waals surface area (Å²) in [6.45, 7) is 2.31. The number of hydrogen-bond acceptors (Lipinski definition) is 4. The Morgan fingerprint density at radius 2 is 1.87 bits per heavy atom. The first kappa shape index (κ1) is 24.8. The Balaban J connectivity index is 2.69. The first-order chi connectivity index (χ1) is 13.7. The molecule has 0 saturated carbocycles. The van der Waals surface area contributed by atoms with Crippen LogP contribution >= 0.6 is 15.9 Å². The Kier molecular flexibility index (Phi) is 7.72. The number of nitrogens with one attached hydrogen (secondary N) is 2. The molecule has 1 amide bonds. The molecule has 4 N–H and O–H groups in total. The average molecular weight is 512 g/mol. The largest absolute Gasteiger partial charge is 0.422 e. The van der Waals surface area contributed by atoms with Crippen molar-refractivity contribution in [2.45, 2.75) is 49.9 Å². The van der Waals surface area contributed by atoms with E-state index in [1.165, 1.54) is 24.3 Å². The molecular weight excluding hydrogens is 490 g/mol. The van der Waals surface area contributed by atoms with Crippen LogP contribution < -0.4 is 16.4 Å². The van der Waals surface area contributed by atoms with Crippen LogP contribution in [0.2, 0.25) is 0 Å². The van der Waals surface area contributed by atoms with Crippen molar-refractivity contribution in [2.24, 2.45) is 5.73 Å². The van der Waals surface area contributed by atoms with Gasteiger partial charge in [-0.05, 0) is 31.5 Å². The maximum atomic E-state index is 14.4. The lowest BCUT2D eigenvalue weighted by Gasteiger charge is -2.37. The number of carbonyl (C=O) groups excluding carboxylic acids is 1. The second kappa shape index (κ2) is 9.34. The van der Waals surface area contributed by atoms with Crippen LogP contribution in [0.5, 0.6) is 0 Å². The highest BCUT2D eigenvalue weighted by Crippen LogP contribution is 2.40. The summed E-state index contributed by atoms with van der Waals surface area (Å²) in [6.07, 6.45) is -6.62. The highest BCUT2D eigenvalue weighted by molar-refractivity contribution is 9.10. The third-order valence-electron chi connectivity index (χ3n) is 4.30. The predicted molar refractivity (Wildman–Crippen MR) is 110 cm³/mol. The van der Waals surface area contributed by atoms with Crippen LogP contribution in [0.25, 0.3) is 0 Å². The van der Waals surface area contributed by atoms with E-state index in [0.717, 1.165) is 13.8 Å². The zero-order valence-corrected chi connectivity index (χ0v) is 18.7. The van der Waals surface area contributed by atoms with Gasteiger partial charge in [0.05, 0.1) is 23.7 Å². The maximum absolute atomic E-state index is 14.4. The number of amides is 1. The van der Waals surface area contributed by atoms with Crippen LogP contribution in [0.1, 0.15) is 25.8 Å². The van der Waals surface area contributed by atoms with Gasteiger partial charge >= 0.3 is 6.18 Å². The van der Waals surface area contributed by atoms with Crippen molar-refractivity contribution in [1.82, 2.24) is 10.6 Å². The van der Waals surface area contributed by atoms with Crippen LogP contribution in [0.3, 0.4) is 0 Å². The SMILES string of the molecule is CC(C)(F)C[C@@H]1N[C@@](c2ccc(Br)cc2)(C(F)(F)F)C#CCS(=O)C[C@@H](N)NC1=O. The highest BCUT2D eigenvalue weighted by atomic mass is 79.9. The van der Waals surface area contributed by atoms with E-state index in [9.17, 15) is 26.6 Å². The van der Waals surface area contributed by atoms with E-state index >= 15 is 0 Å². The third kappa shape index (κ3) is 6.26. The second-order valence-corrected chi connectivity index (χ2v) is 9.96. The van der Waals surface area contributed by atoms with Crippen molar-refractivity contribution >= 4 is 32.6 Å². The molecule has 1 aliphatic heterocycles. The Bertz CT molecular complexity index is 862. The highest BCUT2D eigenvalue weighted by Gasteiger charge is 2.57. The lowest BCUT2D eigenvalue weighted by molar-refractivity contribution is -0.185. The lowest BCUT2D eigenvalue weighted by Crippen LogP contribution is -2.62. The van der Waals surface area contributed by atoms with Crippen LogP contribution in [0.15, 0.2) is 28.7 Å². The molecule has 166 valence electrons. The predicted octanol–water partition coefficient (Wildman–Crippen LogP) is 2.47. The van der Waals surface area contributed by atoms with Gasteiger partial charge in [-0.15, -0.1) is 0 Å². The molecule has 0 radical (unpaired) electrons. The minimum Gasteiger partial charge on any atom is -0.339 e. The summed E-state index contributed by atoms with van der Waals surface area (Å²) < 4.78 is 70.3. The summed E-state index contributed by atoms with van der Waals surface area (Å²) in [5.74, 6) is 3.00. The van der Waals surface area contributed by atoms with Crippen molar-refractivity contribution < 1.29 is 26.6 Å². The quantitative estimate of drug-likeness (QED) is 0.430.